The molecule has 32 heavy (non-hydrogen) atoms. The molecule has 0 amide bonds. The summed E-state index contributed by atoms with van der Waals surface area (Å²) in [7, 11) is 1.95. The molecular weight excluding hydrogens is 394 g/mol. The number of hydrogen-bond donors (Lipinski definition) is 1. The van der Waals surface area contributed by atoms with Crippen LogP contribution in [-0.4, -0.2) is 20.5 Å². The number of nitrogens with two attached hydrogens (primary N) is 1. The van der Waals surface area contributed by atoms with Gasteiger partial charge in [0.1, 0.15) is 11.9 Å². The van der Waals surface area contributed by atoms with Gasteiger partial charge in [0.05, 0.1) is 12.2 Å². The quantitative estimate of drug-likeness (QED) is 0.654. The molecule has 1 aromatic heterocycles. The first kappa shape index (κ1) is 19.3. The van der Waals surface area contributed by atoms with E-state index in [0.29, 0.717) is 0 Å². The number of aliphatic imine (C=N–C) groups is 1. The van der Waals surface area contributed by atoms with E-state index in [-0.39, 0.29) is 17.6 Å². The predicted molar refractivity (Wildman–Crippen MR) is 128 cm³/mol. The van der Waals surface area contributed by atoms with Crippen molar-refractivity contribution >= 4 is 11.4 Å². The third-order valence-corrected chi connectivity index (χ3v) is 7.08. The van der Waals surface area contributed by atoms with Crippen LogP contribution in [0.5, 0.6) is 0 Å². The van der Waals surface area contributed by atoms with Crippen LogP contribution in [0.2, 0.25) is 0 Å². The van der Waals surface area contributed by atoms with Gasteiger partial charge < -0.3 is 10.6 Å². The number of hydrogen-bond acceptors (Lipinski definition) is 4. The minimum atomic E-state index is -0.138. The molecular formula is C27H27N5. The number of benzene rings is 2. The second kappa shape index (κ2) is 7.31. The molecule has 5 heteroatoms. The zero-order chi connectivity index (χ0) is 21.7. The zero-order valence-electron chi connectivity index (χ0n) is 18.2. The summed E-state index contributed by atoms with van der Waals surface area (Å²) in [6.45, 7) is 0. The number of fused-ring (bicyclic) bond motifs is 1. The standard InChI is InChI=1S/C27H27N5/c1-31-17-22(16-29-31)21-10-13-24-30-25(26(32(24)18-21)20-6-3-2-4-7-20)19-8-11-23(12-9-19)27(28)14-5-15-27/h2-4,6-13,16-18,25-26H,5,14-15,28H2,1H3. The monoisotopic (exact) mass is 421 g/mol. The van der Waals surface area contributed by atoms with Crippen molar-refractivity contribution in [3.05, 3.63) is 108 Å². The second-order valence-corrected chi connectivity index (χ2v) is 9.15. The molecule has 3 heterocycles. The topological polar surface area (TPSA) is 59.4 Å². The van der Waals surface area contributed by atoms with Gasteiger partial charge in [-0.25, -0.2) is 0 Å². The Hall–Kier alpha value is -3.44. The second-order valence-electron chi connectivity index (χ2n) is 9.15. The van der Waals surface area contributed by atoms with E-state index in [1.54, 1.807) is 0 Å². The Labute approximate surface area is 188 Å². The highest BCUT2D eigenvalue weighted by Gasteiger charge is 2.38. The van der Waals surface area contributed by atoms with E-state index in [2.05, 4.69) is 82.9 Å². The molecule has 2 aromatic carbocycles. The summed E-state index contributed by atoms with van der Waals surface area (Å²) in [4.78, 5) is 7.47. The van der Waals surface area contributed by atoms with Crippen molar-refractivity contribution in [2.45, 2.75) is 36.9 Å². The Morgan fingerprint density at radius 1 is 0.969 bits per heavy atom. The molecule has 1 saturated carbocycles. The van der Waals surface area contributed by atoms with Crippen molar-refractivity contribution < 1.29 is 0 Å². The molecule has 0 saturated heterocycles. The highest BCUT2D eigenvalue weighted by atomic mass is 15.3. The molecule has 2 unspecified atom stereocenters. The first-order chi connectivity index (χ1) is 15.6. The van der Waals surface area contributed by atoms with Crippen LogP contribution >= 0.6 is 0 Å². The Kier molecular flexibility index (Phi) is 4.40. The summed E-state index contributed by atoms with van der Waals surface area (Å²) in [5.74, 6) is 0.995. The summed E-state index contributed by atoms with van der Waals surface area (Å²) >= 11 is 0. The molecule has 6 rings (SSSR count). The van der Waals surface area contributed by atoms with Crippen LogP contribution in [0.15, 0.2) is 90.3 Å². The molecule has 1 aliphatic carbocycles. The minimum absolute atomic E-state index is 0.0192. The molecule has 1 fully saturated rings. The Balaban J connectivity index is 1.39. The van der Waals surface area contributed by atoms with E-state index < -0.39 is 0 Å². The number of aromatic nitrogens is 2. The summed E-state index contributed by atoms with van der Waals surface area (Å²) in [6.07, 6.45) is 13.8. The molecule has 0 radical (unpaired) electrons. The van der Waals surface area contributed by atoms with Crippen LogP contribution in [0.1, 0.15) is 53.6 Å². The molecule has 2 aliphatic heterocycles. The van der Waals surface area contributed by atoms with Gasteiger partial charge in [-0.05, 0) is 48.1 Å². The van der Waals surface area contributed by atoms with Gasteiger partial charge >= 0.3 is 0 Å². The zero-order valence-corrected chi connectivity index (χ0v) is 18.2. The smallest absolute Gasteiger partial charge is 0.128 e. The fraction of sp³-hybridized carbons (Fsp3) is 0.259. The lowest BCUT2D eigenvalue weighted by Gasteiger charge is -2.38. The van der Waals surface area contributed by atoms with Gasteiger partial charge in [-0.2, -0.15) is 5.10 Å². The maximum Gasteiger partial charge on any atom is 0.128 e. The third kappa shape index (κ3) is 3.12. The maximum absolute atomic E-state index is 6.55. The lowest BCUT2D eigenvalue weighted by atomic mass is 9.72. The molecule has 3 aromatic rings. The molecule has 5 nitrogen and oxygen atoms in total. The minimum Gasteiger partial charge on any atom is -0.323 e. The van der Waals surface area contributed by atoms with E-state index in [0.717, 1.165) is 29.8 Å². The van der Waals surface area contributed by atoms with Crippen molar-refractivity contribution in [1.82, 2.24) is 14.7 Å². The number of rotatable bonds is 4. The maximum atomic E-state index is 6.55. The fourth-order valence-corrected chi connectivity index (χ4v) is 5.06. The van der Waals surface area contributed by atoms with E-state index in [1.807, 2.05) is 24.1 Å². The predicted octanol–water partition coefficient (Wildman–Crippen LogP) is 4.87. The van der Waals surface area contributed by atoms with Gasteiger partial charge in [0.15, 0.2) is 0 Å². The number of allylic oxidation sites excluding steroid dienone is 2. The average molecular weight is 422 g/mol. The highest BCUT2D eigenvalue weighted by Crippen LogP contribution is 2.45. The van der Waals surface area contributed by atoms with Crippen molar-refractivity contribution in [1.29, 1.82) is 0 Å². The SMILES string of the molecule is Cn1cc(C2=CN3C(=NC(c4ccc(C5(N)CCC5)cc4)C3c3ccccc3)C=C2)cn1. The Morgan fingerprint density at radius 2 is 1.75 bits per heavy atom. The highest BCUT2D eigenvalue weighted by molar-refractivity contribution is 6.01. The first-order valence-electron chi connectivity index (χ1n) is 11.3. The van der Waals surface area contributed by atoms with Crippen molar-refractivity contribution in [3.63, 3.8) is 0 Å². The summed E-state index contributed by atoms with van der Waals surface area (Å²) in [6, 6.07) is 19.7. The summed E-state index contributed by atoms with van der Waals surface area (Å²) in [5.41, 5.74) is 12.4. The van der Waals surface area contributed by atoms with Crippen LogP contribution in [0.25, 0.3) is 5.57 Å². The molecule has 2 atom stereocenters. The van der Waals surface area contributed by atoms with Gasteiger partial charge in [0, 0.05) is 36.1 Å². The molecule has 0 bridgehead atoms. The largest absolute Gasteiger partial charge is 0.323 e. The number of aryl methyl sites for hydroxylation is 1. The fourth-order valence-electron chi connectivity index (χ4n) is 5.06. The van der Waals surface area contributed by atoms with E-state index in [4.69, 9.17) is 10.7 Å². The summed E-state index contributed by atoms with van der Waals surface area (Å²) in [5, 5.41) is 4.34. The molecule has 2 N–H and O–H groups in total. The first-order valence-corrected chi connectivity index (χ1v) is 11.3. The van der Waals surface area contributed by atoms with Gasteiger partial charge in [-0.1, -0.05) is 54.6 Å². The lowest BCUT2D eigenvalue weighted by molar-refractivity contribution is 0.253. The van der Waals surface area contributed by atoms with Crippen molar-refractivity contribution in [2.24, 2.45) is 17.8 Å². The van der Waals surface area contributed by atoms with Crippen molar-refractivity contribution in [2.75, 3.05) is 0 Å². The van der Waals surface area contributed by atoms with Gasteiger partial charge in [0.25, 0.3) is 0 Å². The van der Waals surface area contributed by atoms with Crippen LogP contribution in [0.3, 0.4) is 0 Å². The van der Waals surface area contributed by atoms with Crippen LogP contribution in [-0.2, 0) is 12.6 Å². The van der Waals surface area contributed by atoms with Crippen LogP contribution in [0, 0.1) is 0 Å². The average Bonchev–Trinajstić information content (AvgIpc) is 3.41. The summed E-state index contributed by atoms with van der Waals surface area (Å²) < 4.78 is 1.84. The molecule has 160 valence electrons. The van der Waals surface area contributed by atoms with E-state index in [1.165, 1.54) is 23.1 Å². The Bertz CT molecular complexity index is 1230. The Morgan fingerprint density at radius 3 is 2.41 bits per heavy atom. The van der Waals surface area contributed by atoms with Gasteiger partial charge in [-0.15, -0.1) is 0 Å². The van der Waals surface area contributed by atoms with Crippen LogP contribution < -0.4 is 5.73 Å². The lowest BCUT2D eigenvalue weighted by Crippen LogP contribution is -2.43. The van der Waals surface area contributed by atoms with Crippen molar-refractivity contribution in [3.8, 4) is 0 Å². The van der Waals surface area contributed by atoms with E-state index in [9.17, 15) is 0 Å². The van der Waals surface area contributed by atoms with Gasteiger partial charge in [-0.3, -0.25) is 9.67 Å². The van der Waals surface area contributed by atoms with Crippen LogP contribution in [0.4, 0.5) is 0 Å². The normalized spacial score (nSPS) is 23.4. The molecule has 3 aliphatic rings. The van der Waals surface area contributed by atoms with Gasteiger partial charge in [0.2, 0.25) is 0 Å². The number of nitrogens with zero attached hydrogens (tertiary/aromatic N) is 4. The number of amidine groups is 1. The third-order valence-electron chi connectivity index (χ3n) is 7.08. The van der Waals surface area contributed by atoms with E-state index >= 15 is 0 Å². The molecule has 0 spiro atoms.